The molecule has 0 N–H and O–H groups in total. The summed E-state index contributed by atoms with van der Waals surface area (Å²) in [7, 11) is 1.63. The van der Waals surface area contributed by atoms with Crippen molar-refractivity contribution in [2.45, 2.75) is 37.0 Å². The highest BCUT2D eigenvalue weighted by molar-refractivity contribution is 5.17. The third-order valence-corrected chi connectivity index (χ3v) is 3.83. The lowest BCUT2D eigenvalue weighted by molar-refractivity contribution is -0.304. The molecule has 5 heteroatoms. The summed E-state index contributed by atoms with van der Waals surface area (Å²) >= 11 is 0. The summed E-state index contributed by atoms with van der Waals surface area (Å²) in [6, 6.07) is 9.92. The maximum Gasteiger partial charge on any atom is 0.186 e. The molecule has 6 atom stereocenters. The molecule has 3 aliphatic heterocycles. The monoisotopic (exact) mass is 264 g/mol. The van der Waals surface area contributed by atoms with Gasteiger partial charge in [0, 0.05) is 12.7 Å². The molecule has 102 valence electrons. The van der Waals surface area contributed by atoms with Gasteiger partial charge in [-0.15, -0.1) is 0 Å². The Hall–Kier alpha value is -0.980. The van der Waals surface area contributed by atoms with Crippen LogP contribution < -0.4 is 0 Å². The van der Waals surface area contributed by atoms with Crippen molar-refractivity contribution in [3.63, 3.8) is 0 Å². The summed E-state index contributed by atoms with van der Waals surface area (Å²) in [5.41, 5.74) is 1.02. The summed E-state index contributed by atoms with van der Waals surface area (Å²) in [5, 5.41) is 0. The van der Waals surface area contributed by atoms with Crippen LogP contribution in [0, 0.1) is 0 Å². The van der Waals surface area contributed by atoms with Gasteiger partial charge in [0.1, 0.15) is 24.4 Å². The summed E-state index contributed by atoms with van der Waals surface area (Å²) in [5.74, 6) is 0. The Bertz CT molecular complexity index is 450. The molecule has 3 heterocycles. The van der Waals surface area contributed by atoms with Crippen LogP contribution >= 0.6 is 0 Å². The fourth-order valence-electron chi connectivity index (χ4n) is 2.80. The van der Waals surface area contributed by atoms with Crippen molar-refractivity contribution >= 4 is 0 Å². The van der Waals surface area contributed by atoms with Crippen LogP contribution in [-0.4, -0.2) is 44.4 Å². The molecule has 0 amide bonds. The quantitative estimate of drug-likeness (QED) is 0.752. The Morgan fingerprint density at radius 2 is 1.84 bits per heavy atom. The summed E-state index contributed by atoms with van der Waals surface area (Å²) < 4.78 is 28.4. The SMILES string of the molecule is CO[C@H]1O[C@@H]2CO[C@@H](c3ccccc3)O[C@H]2[C@@H]2O[C@H]12. The minimum Gasteiger partial charge on any atom is -0.361 e. The van der Waals surface area contributed by atoms with Crippen molar-refractivity contribution in [1.82, 2.24) is 0 Å². The van der Waals surface area contributed by atoms with E-state index in [9.17, 15) is 0 Å². The smallest absolute Gasteiger partial charge is 0.186 e. The molecule has 3 fully saturated rings. The van der Waals surface area contributed by atoms with Crippen molar-refractivity contribution in [2.24, 2.45) is 0 Å². The van der Waals surface area contributed by atoms with Gasteiger partial charge in [0.05, 0.1) is 6.61 Å². The molecular weight excluding hydrogens is 248 g/mol. The molecule has 3 saturated heterocycles. The zero-order valence-corrected chi connectivity index (χ0v) is 10.6. The molecular formula is C14H16O5. The van der Waals surface area contributed by atoms with Crippen LogP contribution in [0.4, 0.5) is 0 Å². The van der Waals surface area contributed by atoms with E-state index in [0.717, 1.165) is 5.56 Å². The van der Waals surface area contributed by atoms with E-state index in [1.807, 2.05) is 30.3 Å². The Morgan fingerprint density at radius 3 is 2.63 bits per heavy atom. The third-order valence-electron chi connectivity index (χ3n) is 3.83. The van der Waals surface area contributed by atoms with Gasteiger partial charge in [0.15, 0.2) is 12.6 Å². The Labute approximate surface area is 111 Å². The third kappa shape index (κ3) is 1.98. The number of hydrogen-bond donors (Lipinski definition) is 0. The van der Waals surface area contributed by atoms with Gasteiger partial charge >= 0.3 is 0 Å². The van der Waals surface area contributed by atoms with E-state index >= 15 is 0 Å². The number of hydrogen-bond acceptors (Lipinski definition) is 5. The van der Waals surface area contributed by atoms with E-state index in [1.54, 1.807) is 7.11 Å². The van der Waals surface area contributed by atoms with E-state index in [0.29, 0.717) is 6.61 Å². The van der Waals surface area contributed by atoms with Crippen molar-refractivity contribution in [3.05, 3.63) is 35.9 Å². The molecule has 0 radical (unpaired) electrons. The normalized spacial score (nSPS) is 44.3. The first-order valence-electron chi connectivity index (χ1n) is 6.52. The average molecular weight is 264 g/mol. The molecule has 19 heavy (non-hydrogen) atoms. The average Bonchev–Trinajstić information content (AvgIpc) is 3.27. The van der Waals surface area contributed by atoms with Crippen LogP contribution in [0.25, 0.3) is 0 Å². The topological polar surface area (TPSA) is 49.5 Å². The Kier molecular flexibility index (Phi) is 2.82. The summed E-state index contributed by atoms with van der Waals surface area (Å²) in [4.78, 5) is 0. The first-order valence-corrected chi connectivity index (χ1v) is 6.52. The van der Waals surface area contributed by atoms with Gasteiger partial charge in [-0.3, -0.25) is 0 Å². The predicted octanol–water partition coefficient (Wildman–Crippen LogP) is 1.24. The van der Waals surface area contributed by atoms with Crippen LogP contribution in [0.1, 0.15) is 11.9 Å². The first kappa shape index (κ1) is 11.8. The lowest BCUT2D eigenvalue weighted by Gasteiger charge is -2.39. The largest absolute Gasteiger partial charge is 0.361 e. The fraction of sp³-hybridized carbons (Fsp3) is 0.571. The lowest BCUT2D eigenvalue weighted by atomic mass is 10.0. The van der Waals surface area contributed by atoms with Crippen molar-refractivity contribution in [2.75, 3.05) is 13.7 Å². The standard InChI is InChI=1S/C14H16O5/c1-15-14-12-11(18-12)10-9(17-14)7-16-13(19-10)8-5-3-2-4-6-8/h2-6,9-14H,7H2,1H3/t9-,10-,11+,12+,13-,14+/m1/s1. The number of methoxy groups -OCH3 is 1. The van der Waals surface area contributed by atoms with E-state index in [1.165, 1.54) is 0 Å². The van der Waals surface area contributed by atoms with Crippen molar-refractivity contribution in [3.8, 4) is 0 Å². The molecule has 0 aliphatic carbocycles. The molecule has 0 saturated carbocycles. The second-order valence-electron chi connectivity index (χ2n) is 5.02. The van der Waals surface area contributed by atoms with Gasteiger partial charge in [-0.05, 0) is 0 Å². The number of benzene rings is 1. The summed E-state index contributed by atoms with van der Waals surface area (Å²) in [6.45, 7) is 0.497. The van der Waals surface area contributed by atoms with Crippen LogP contribution in [0.3, 0.4) is 0 Å². The van der Waals surface area contributed by atoms with E-state index in [4.69, 9.17) is 23.7 Å². The maximum atomic E-state index is 6.00. The Morgan fingerprint density at radius 1 is 1.00 bits per heavy atom. The number of ether oxygens (including phenoxy) is 5. The zero-order valence-electron chi connectivity index (χ0n) is 10.6. The highest BCUT2D eigenvalue weighted by atomic mass is 16.8. The zero-order chi connectivity index (χ0) is 12.8. The number of epoxide rings is 1. The molecule has 1 aromatic rings. The van der Waals surface area contributed by atoms with Gasteiger partial charge in [-0.25, -0.2) is 0 Å². The molecule has 0 spiro atoms. The molecule has 0 unspecified atom stereocenters. The van der Waals surface area contributed by atoms with Crippen LogP contribution in [0.2, 0.25) is 0 Å². The van der Waals surface area contributed by atoms with Crippen LogP contribution in [0.15, 0.2) is 30.3 Å². The molecule has 5 nitrogen and oxygen atoms in total. The van der Waals surface area contributed by atoms with Gasteiger partial charge in [-0.2, -0.15) is 0 Å². The molecule has 0 aromatic heterocycles. The second-order valence-corrected chi connectivity index (χ2v) is 5.02. The minimum atomic E-state index is -0.338. The van der Waals surface area contributed by atoms with Crippen molar-refractivity contribution < 1.29 is 23.7 Å². The van der Waals surface area contributed by atoms with Gasteiger partial charge in [0.25, 0.3) is 0 Å². The first-order chi connectivity index (χ1) is 9.36. The van der Waals surface area contributed by atoms with Gasteiger partial charge < -0.3 is 23.7 Å². The molecule has 4 rings (SSSR count). The predicted molar refractivity (Wildman–Crippen MR) is 64.3 cm³/mol. The molecule has 3 aliphatic rings. The minimum absolute atomic E-state index is 0.000716. The molecule has 1 aromatic carbocycles. The van der Waals surface area contributed by atoms with E-state index in [2.05, 4.69) is 0 Å². The van der Waals surface area contributed by atoms with Gasteiger partial charge in [-0.1, -0.05) is 30.3 Å². The summed E-state index contributed by atoms with van der Waals surface area (Å²) in [6.07, 6.45) is -0.759. The van der Waals surface area contributed by atoms with Crippen LogP contribution in [-0.2, 0) is 23.7 Å². The van der Waals surface area contributed by atoms with Crippen molar-refractivity contribution in [1.29, 1.82) is 0 Å². The van der Waals surface area contributed by atoms with Crippen LogP contribution in [0.5, 0.6) is 0 Å². The lowest BCUT2D eigenvalue weighted by Crippen LogP contribution is -2.52. The second kappa shape index (κ2) is 4.54. The maximum absolute atomic E-state index is 6.00. The fourth-order valence-corrected chi connectivity index (χ4v) is 2.80. The van der Waals surface area contributed by atoms with E-state index < -0.39 is 0 Å². The highest BCUT2D eigenvalue weighted by Gasteiger charge is 2.60. The highest BCUT2D eigenvalue weighted by Crippen LogP contribution is 2.43. The molecule has 0 bridgehead atoms. The Balaban J connectivity index is 1.50. The van der Waals surface area contributed by atoms with E-state index in [-0.39, 0.29) is 37.0 Å². The number of rotatable bonds is 2. The number of fused-ring (bicyclic) bond motifs is 3. The van der Waals surface area contributed by atoms with Gasteiger partial charge in [0.2, 0.25) is 0 Å².